The third-order valence-electron chi connectivity index (χ3n) is 8.15. The van der Waals surface area contributed by atoms with Crippen LogP contribution in [0.3, 0.4) is 0 Å². The summed E-state index contributed by atoms with van der Waals surface area (Å²) in [6.07, 6.45) is 4.17. The molecule has 0 saturated heterocycles. The molecule has 1 aromatic heterocycles. The number of para-hydroxylation sites is 2. The SMILES string of the molecule is CN1C=CN(c2cccc(Oc3cc(N4CN(C)C(C)(C)c5ccccc54)cc4oc5ccccc5c34)c2)C1. The van der Waals surface area contributed by atoms with Crippen molar-refractivity contribution in [2.24, 2.45) is 0 Å². The van der Waals surface area contributed by atoms with E-state index < -0.39 is 0 Å². The molecule has 0 fully saturated rings. The average Bonchev–Trinajstić information content (AvgIpc) is 3.54. The first kappa shape index (κ1) is 23.7. The quantitative estimate of drug-likeness (QED) is 0.242. The molecule has 0 atom stereocenters. The Morgan fingerprint density at radius 3 is 2.44 bits per heavy atom. The molecule has 0 bridgehead atoms. The highest BCUT2D eigenvalue weighted by atomic mass is 16.5. The second-order valence-corrected chi connectivity index (χ2v) is 11.0. The number of hydrogen-bond acceptors (Lipinski definition) is 6. The van der Waals surface area contributed by atoms with E-state index in [9.17, 15) is 0 Å². The number of rotatable bonds is 4. The monoisotopic (exact) mass is 516 g/mol. The molecule has 0 N–H and O–H groups in total. The molecule has 7 rings (SSSR count). The summed E-state index contributed by atoms with van der Waals surface area (Å²) < 4.78 is 13.1. The van der Waals surface area contributed by atoms with E-state index in [-0.39, 0.29) is 5.54 Å². The zero-order valence-electron chi connectivity index (χ0n) is 22.8. The fraction of sp³-hybridized carbons (Fsp3) is 0.212. The molecule has 196 valence electrons. The fourth-order valence-electron chi connectivity index (χ4n) is 5.71. The summed E-state index contributed by atoms with van der Waals surface area (Å²) in [7, 11) is 4.25. The first-order chi connectivity index (χ1) is 18.9. The lowest BCUT2D eigenvalue weighted by atomic mass is 9.88. The number of ether oxygens (including phenoxy) is 1. The van der Waals surface area contributed by atoms with Gasteiger partial charge in [-0.1, -0.05) is 42.5 Å². The van der Waals surface area contributed by atoms with Gasteiger partial charge in [0.2, 0.25) is 0 Å². The van der Waals surface area contributed by atoms with Gasteiger partial charge in [0.1, 0.15) is 22.7 Å². The minimum Gasteiger partial charge on any atom is -0.456 e. The van der Waals surface area contributed by atoms with E-state index in [0.717, 1.165) is 58.1 Å². The maximum Gasteiger partial charge on any atom is 0.141 e. The normalized spacial score (nSPS) is 16.9. The van der Waals surface area contributed by atoms with Crippen molar-refractivity contribution in [3.8, 4) is 11.5 Å². The highest BCUT2D eigenvalue weighted by Gasteiger charge is 2.36. The number of fused-ring (bicyclic) bond motifs is 4. The van der Waals surface area contributed by atoms with E-state index in [1.165, 1.54) is 11.3 Å². The highest BCUT2D eigenvalue weighted by Crippen LogP contribution is 2.46. The van der Waals surface area contributed by atoms with Crippen LogP contribution in [0.2, 0.25) is 0 Å². The molecule has 6 nitrogen and oxygen atoms in total. The Hall–Kier alpha value is -4.42. The number of furan rings is 1. The van der Waals surface area contributed by atoms with Crippen molar-refractivity contribution < 1.29 is 9.15 Å². The molecule has 0 unspecified atom stereocenters. The molecule has 2 aliphatic heterocycles. The van der Waals surface area contributed by atoms with Gasteiger partial charge in [-0.25, -0.2) is 0 Å². The lowest BCUT2D eigenvalue weighted by molar-refractivity contribution is 0.150. The van der Waals surface area contributed by atoms with Crippen molar-refractivity contribution in [3.05, 3.63) is 103 Å². The van der Waals surface area contributed by atoms with Crippen molar-refractivity contribution in [1.29, 1.82) is 0 Å². The van der Waals surface area contributed by atoms with E-state index in [4.69, 9.17) is 9.15 Å². The van der Waals surface area contributed by atoms with Gasteiger partial charge in [0, 0.05) is 65.6 Å². The number of anilines is 3. The first-order valence-corrected chi connectivity index (χ1v) is 13.4. The molecule has 5 aromatic rings. The predicted molar refractivity (Wildman–Crippen MR) is 159 cm³/mol. The van der Waals surface area contributed by atoms with Crippen LogP contribution in [0.4, 0.5) is 17.1 Å². The van der Waals surface area contributed by atoms with Crippen LogP contribution in [0.15, 0.2) is 102 Å². The molecule has 4 aromatic carbocycles. The van der Waals surface area contributed by atoms with Gasteiger partial charge in [-0.05, 0) is 50.7 Å². The van der Waals surface area contributed by atoms with Crippen molar-refractivity contribution >= 4 is 39.0 Å². The van der Waals surface area contributed by atoms with Gasteiger partial charge in [-0.15, -0.1) is 0 Å². The maximum atomic E-state index is 6.71. The van der Waals surface area contributed by atoms with E-state index in [1.54, 1.807) is 0 Å². The Kier molecular flexibility index (Phi) is 5.35. The predicted octanol–water partition coefficient (Wildman–Crippen LogP) is 7.83. The zero-order chi connectivity index (χ0) is 26.7. The minimum atomic E-state index is -0.0750. The molecule has 0 saturated carbocycles. The largest absolute Gasteiger partial charge is 0.456 e. The molecule has 0 amide bonds. The van der Waals surface area contributed by atoms with Crippen molar-refractivity contribution in [2.75, 3.05) is 37.2 Å². The molecule has 0 radical (unpaired) electrons. The van der Waals surface area contributed by atoms with Crippen LogP contribution in [-0.2, 0) is 5.54 Å². The Labute approximate surface area is 228 Å². The maximum absolute atomic E-state index is 6.71. The van der Waals surface area contributed by atoms with Gasteiger partial charge in [0.25, 0.3) is 0 Å². The molecule has 2 aliphatic rings. The summed E-state index contributed by atoms with van der Waals surface area (Å²) in [5.74, 6) is 1.57. The summed E-state index contributed by atoms with van der Waals surface area (Å²) in [4.78, 5) is 9.07. The van der Waals surface area contributed by atoms with E-state index in [0.29, 0.717) is 0 Å². The van der Waals surface area contributed by atoms with E-state index in [2.05, 4.69) is 115 Å². The van der Waals surface area contributed by atoms with Crippen LogP contribution in [0.25, 0.3) is 21.9 Å². The Morgan fingerprint density at radius 1 is 0.769 bits per heavy atom. The first-order valence-electron chi connectivity index (χ1n) is 13.4. The van der Waals surface area contributed by atoms with Crippen LogP contribution in [-0.4, -0.2) is 37.2 Å². The van der Waals surface area contributed by atoms with Crippen molar-refractivity contribution in [1.82, 2.24) is 9.80 Å². The van der Waals surface area contributed by atoms with Crippen LogP contribution in [0.5, 0.6) is 11.5 Å². The van der Waals surface area contributed by atoms with E-state index >= 15 is 0 Å². The number of hydrogen-bond donors (Lipinski definition) is 0. The second-order valence-electron chi connectivity index (χ2n) is 11.0. The molecule has 39 heavy (non-hydrogen) atoms. The van der Waals surface area contributed by atoms with Crippen LogP contribution in [0.1, 0.15) is 19.4 Å². The van der Waals surface area contributed by atoms with Gasteiger partial charge < -0.3 is 23.9 Å². The lowest BCUT2D eigenvalue weighted by Gasteiger charge is -2.47. The second kappa shape index (κ2) is 8.82. The van der Waals surface area contributed by atoms with Crippen LogP contribution >= 0.6 is 0 Å². The standard InChI is InChI=1S/C33H32N4O2/c1-33(2)27-13-6-7-14-28(27)37(22-35(33)4)24-19-30(32-26-12-5-8-15-29(26)39-31(32)20-24)38-25-11-9-10-23(18-25)36-17-16-34(3)21-36/h5-20H,21-22H2,1-4H3. The summed E-state index contributed by atoms with van der Waals surface area (Å²) in [5, 5.41) is 2.03. The Balaban J connectivity index is 1.37. The van der Waals surface area contributed by atoms with Crippen LogP contribution in [0, 0.1) is 0 Å². The third-order valence-corrected chi connectivity index (χ3v) is 8.15. The zero-order valence-corrected chi connectivity index (χ0v) is 22.8. The van der Waals surface area contributed by atoms with Gasteiger partial charge in [0.15, 0.2) is 0 Å². The average molecular weight is 517 g/mol. The summed E-state index contributed by atoms with van der Waals surface area (Å²) in [6, 6.07) is 29.4. The fourth-order valence-corrected chi connectivity index (χ4v) is 5.71. The van der Waals surface area contributed by atoms with Crippen molar-refractivity contribution in [2.45, 2.75) is 19.4 Å². The smallest absolute Gasteiger partial charge is 0.141 e. The lowest BCUT2D eigenvalue weighted by Crippen LogP contribution is -2.49. The minimum absolute atomic E-state index is 0.0750. The Morgan fingerprint density at radius 2 is 1.59 bits per heavy atom. The molecule has 6 heteroatoms. The molecule has 0 spiro atoms. The molecular formula is C33H32N4O2. The van der Waals surface area contributed by atoms with Gasteiger partial charge in [-0.3, -0.25) is 4.90 Å². The molecule has 0 aliphatic carbocycles. The molecular weight excluding hydrogens is 484 g/mol. The van der Waals surface area contributed by atoms with Crippen molar-refractivity contribution in [3.63, 3.8) is 0 Å². The Bertz CT molecular complexity index is 1740. The summed E-state index contributed by atoms with van der Waals surface area (Å²) >= 11 is 0. The van der Waals surface area contributed by atoms with E-state index in [1.807, 2.05) is 30.3 Å². The molecule has 3 heterocycles. The summed E-state index contributed by atoms with van der Waals surface area (Å²) in [5.41, 5.74) is 6.21. The van der Waals surface area contributed by atoms with Gasteiger partial charge in [-0.2, -0.15) is 0 Å². The van der Waals surface area contributed by atoms with Gasteiger partial charge >= 0.3 is 0 Å². The number of nitrogens with zero attached hydrogens (tertiary/aromatic N) is 4. The topological polar surface area (TPSA) is 35.3 Å². The summed E-state index contributed by atoms with van der Waals surface area (Å²) in [6.45, 7) is 6.12. The number of benzene rings is 4. The van der Waals surface area contributed by atoms with Crippen LogP contribution < -0.4 is 14.5 Å². The third kappa shape index (κ3) is 3.91. The highest BCUT2D eigenvalue weighted by molar-refractivity contribution is 6.09. The van der Waals surface area contributed by atoms with Gasteiger partial charge in [0.05, 0.1) is 18.7 Å².